The number of aromatic nitrogens is 2. The van der Waals surface area contributed by atoms with Crippen molar-refractivity contribution in [3.05, 3.63) is 12.0 Å². The fourth-order valence-electron chi connectivity index (χ4n) is 2.48. The molecule has 0 radical (unpaired) electrons. The van der Waals surface area contributed by atoms with Gasteiger partial charge in [0, 0.05) is 19.3 Å². The summed E-state index contributed by atoms with van der Waals surface area (Å²) >= 11 is 0. The molecule has 9 heteroatoms. The highest BCUT2D eigenvalue weighted by molar-refractivity contribution is 6.01. The predicted octanol–water partition coefficient (Wildman–Crippen LogP) is 0.548. The summed E-state index contributed by atoms with van der Waals surface area (Å²) in [5.74, 6) is -0.117. The molecule has 1 aromatic rings. The number of ether oxygens (including phenoxy) is 1. The third-order valence-corrected chi connectivity index (χ3v) is 3.90. The van der Waals surface area contributed by atoms with Gasteiger partial charge in [-0.3, -0.25) is 14.2 Å². The van der Waals surface area contributed by atoms with Gasteiger partial charge in [-0.1, -0.05) is 13.8 Å². The SMILES string of the molecule is CC(=O)c1ncn([C@H]2C[C@@H](O)[C@@H](CO)O2)c1N=C(C)NC(=O)C(C)C. The lowest BCUT2D eigenvalue weighted by Gasteiger charge is -2.15. The molecule has 2 heterocycles. The number of nitrogens with one attached hydrogen (secondary N) is 1. The van der Waals surface area contributed by atoms with Crippen LogP contribution in [0.2, 0.25) is 0 Å². The highest BCUT2D eigenvalue weighted by Crippen LogP contribution is 2.33. The van der Waals surface area contributed by atoms with E-state index in [-0.39, 0.29) is 42.1 Å². The van der Waals surface area contributed by atoms with Crippen LogP contribution in [0, 0.1) is 5.92 Å². The Bertz CT molecular complexity index is 682. The maximum Gasteiger partial charge on any atom is 0.227 e. The molecule has 0 bridgehead atoms. The van der Waals surface area contributed by atoms with Crippen molar-refractivity contribution in [2.24, 2.45) is 10.9 Å². The number of carbonyl (C=O) groups excluding carboxylic acids is 2. The molecular formula is C16H24N4O5. The van der Waals surface area contributed by atoms with Gasteiger partial charge in [-0.2, -0.15) is 0 Å². The molecule has 1 aliphatic heterocycles. The third kappa shape index (κ3) is 4.30. The number of nitrogens with zero attached hydrogens (tertiary/aromatic N) is 3. The van der Waals surface area contributed by atoms with Gasteiger partial charge in [-0.25, -0.2) is 9.98 Å². The van der Waals surface area contributed by atoms with E-state index in [0.29, 0.717) is 5.84 Å². The van der Waals surface area contributed by atoms with Crippen LogP contribution in [-0.2, 0) is 9.53 Å². The van der Waals surface area contributed by atoms with Gasteiger partial charge in [-0.15, -0.1) is 0 Å². The second-order valence-electron chi connectivity index (χ2n) is 6.34. The number of hydrogen-bond acceptors (Lipinski definition) is 7. The van der Waals surface area contributed by atoms with Gasteiger partial charge in [0.1, 0.15) is 18.2 Å². The molecule has 0 aromatic carbocycles. The molecule has 0 saturated carbocycles. The third-order valence-electron chi connectivity index (χ3n) is 3.90. The smallest absolute Gasteiger partial charge is 0.227 e. The first kappa shape index (κ1) is 19.2. The number of imidazole rings is 1. The van der Waals surface area contributed by atoms with E-state index in [2.05, 4.69) is 15.3 Å². The van der Waals surface area contributed by atoms with E-state index >= 15 is 0 Å². The van der Waals surface area contributed by atoms with Crippen LogP contribution in [0.25, 0.3) is 0 Å². The van der Waals surface area contributed by atoms with Crippen molar-refractivity contribution < 1.29 is 24.5 Å². The fraction of sp³-hybridized carbons (Fsp3) is 0.625. The molecule has 1 fully saturated rings. The van der Waals surface area contributed by atoms with Gasteiger partial charge >= 0.3 is 0 Å². The van der Waals surface area contributed by atoms with Crippen molar-refractivity contribution >= 4 is 23.3 Å². The molecule has 1 amide bonds. The molecule has 9 nitrogen and oxygen atoms in total. The maximum absolute atomic E-state index is 11.8. The molecule has 3 atom stereocenters. The quantitative estimate of drug-likeness (QED) is 0.403. The van der Waals surface area contributed by atoms with Crippen molar-refractivity contribution in [1.82, 2.24) is 14.9 Å². The Morgan fingerprint density at radius 2 is 2.16 bits per heavy atom. The van der Waals surface area contributed by atoms with E-state index in [4.69, 9.17) is 4.74 Å². The Balaban J connectivity index is 2.34. The number of carbonyl (C=O) groups is 2. The van der Waals surface area contributed by atoms with Gasteiger partial charge < -0.3 is 20.3 Å². The summed E-state index contributed by atoms with van der Waals surface area (Å²) in [6.45, 7) is 6.19. The second-order valence-corrected chi connectivity index (χ2v) is 6.34. The van der Waals surface area contributed by atoms with Crippen molar-refractivity contribution in [2.75, 3.05) is 6.61 Å². The van der Waals surface area contributed by atoms with Gasteiger partial charge in [0.05, 0.1) is 19.0 Å². The lowest BCUT2D eigenvalue weighted by molar-refractivity contribution is -0.122. The molecule has 1 aliphatic rings. The van der Waals surface area contributed by atoms with Crippen molar-refractivity contribution in [3.8, 4) is 0 Å². The lowest BCUT2D eigenvalue weighted by atomic mass is 10.2. The number of ketones is 1. The van der Waals surface area contributed by atoms with Gasteiger partial charge in [0.15, 0.2) is 17.3 Å². The van der Waals surface area contributed by atoms with Gasteiger partial charge in [0.2, 0.25) is 5.91 Å². The number of aliphatic hydroxyl groups excluding tert-OH is 2. The normalized spacial score (nSPS) is 24.0. The number of amidine groups is 1. The Morgan fingerprint density at radius 1 is 1.48 bits per heavy atom. The monoisotopic (exact) mass is 352 g/mol. The van der Waals surface area contributed by atoms with Gasteiger partial charge in [0.25, 0.3) is 0 Å². The van der Waals surface area contributed by atoms with Crippen LogP contribution >= 0.6 is 0 Å². The van der Waals surface area contributed by atoms with Crippen molar-refractivity contribution in [3.63, 3.8) is 0 Å². The first-order valence-electron chi connectivity index (χ1n) is 8.12. The molecule has 25 heavy (non-hydrogen) atoms. The second kappa shape index (κ2) is 7.85. The van der Waals surface area contributed by atoms with Crippen LogP contribution in [-0.4, -0.2) is 56.1 Å². The molecule has 0 unspecified atom stereocenters. The zero-order valence-corrected chi connectivity index (χ0v) is 14.8. The topological polar surface area (TPSA) is 126 Å². The van der Waals surface area contributed by atoms with Crippen molar-refractivity contribution in [1.29, 1.82) is 0 Å². The molecule has 0 aliphatic carbocycles. The summed E-state index contributed by atoms with van der Waals surface area (Å²) < 4.78 is 7.13. The number of rotatable bonds is 5. The van der Waals surface area contributed by atoms with E-state index < -0.39 is 18.4 Å². The minimum absolute atomic E-state index is 0.142. The Hall–Kier alpha value is -2.10. The number of aliphatic imine (C=N–C) groups is 1. The molecular weight excluding hydrogens is 328 g/mol. The van der Waals surface area contributed by atoms with Crippen LogP contribution in [0.1, 0.15) is 50.8 Å². The largest absolute Gasteiger partial charge is 0.394 e. The Morgan fingerprint density at radius 3 is 2.68 bits per heavy atom. The summed E-state index contributed by atoms with van der Waals surface area (Å²) in [5, 5.41) is 21.8. The maximum atomic E-state index is 11.8. The van der Waals surface area contributed by atoms with Crippen molar-refractivity contribution in [2.45, 2.75) is 52.6 Å². The van der Waals surface area contributed by atoms with Gasteiger partial charge in [-0.05, 0) is 6.92 Å². The Kier molecular flexibility index (Phi) is 6.04. The number of hydrogen-bond donors (Lipinski definition) is 3. The summed E-state index contributed by atoms with van der Waals surface area (Å²) in [7, 11) is 0. The molecule has 138 valence electrons. The molecule has 1 aromatic heterocycles. The molecule has 3 N–H and O–H groups in total. The highest BCUT2D eigenvalue weighted by atomic mass is 16.5. The number of amides is 1. The van der Waals surface area contributed by atoms with E-state index in [1.807, 2.05) is 0 Å². The van der Waals surface area contributed by atoms with Crippen LogP contribution in [0.4, 0.5) is 5.82 Å². The average molecular weight is 352 g/mol. The van der Waals surface area contributed by atoms with Crippen LogP contribution < -0.4 is 5.32 Å². The summed E-state index contributed by atoms with van der Waals surface area (Å²) in [5.41, 5.74) is 0.142. The Labute approximate surface area is 145 Å². The van der Waals surface area contributed by atoms with E-state index in [9.17, 15) is 19.8 Å². The van der Waals surface area contributed by atoms with E-state index in [1.54, 1.807) is 20.8 Å². The lowest BCUT2D eigenvalue weighted by Crippen LogP contribution is -2.31. The van der Waals surface area contributed by atoms with Crippen LogP contribution in [0.3, 0.4) is 0 Å². The van der Waals surface area contributed by atoms with Crippen LogP contribution in [0.15, 0.2) is 11.3 Å². The summed E-state index contributed by atoms with van der Waals surface area (Å²) in [6.07, 6.45) is -0.494. The molecule has 0 spiro atoms. The van der Waals surface area contributed by atoms with Crippen LogP contribution in [0.5, 0.6) is 0 Å². The minimum Gasteiger partial charge on any atom is -0.394 e. The summed E-state index contributed by atoms with van der Waals surface area (Å²) in [4.78, 5) is 32.0. The molecule has 2 rings (SSSR count). The summed E-state index contributed by atoms with van der Waals surface area (Å²) in [6, 6.07) is 0. The zero-order valence-electron chi connectivity index (χ0n) is 14.8. The number of Topliss-reactive ketones (excluding diaryl/α,β-unsaturated/α-hetero) is 1. The first-order chi connectivity index (χ1) is 11.7. The zero-order chi connectivity index (χ0) is 18.7. The van der Waals surface area contributed by atoms with E-state index in [1.165, 1.54) is 17.8 Å². The fourth-order valence-corrected chi connectivity index (χ4v) is 2.48. The average Bonchev–Trinajstić information content (AvgIpc) is 3.10. The van der Waals surface area contributed by atoms with E-state index in [0.717, 1.165) is 0 Å². The first-order valence-corrected chi connectivity index (χ1v) is 8.12. The number of aliphatic hydroxyl groups is 2. The molecule has 1 saturated heterocycles. The standard InChI is InChI=1S/C16H24N4O5/c1-8(2)16(24)19-10(4)18-15-14(9(3)22)17-7-20(15)13-5-11(23)12(6-21)25-13/h7-8,11-13,21,23H,5-6H2,1-4H3,(H,18,19,24)/t11-,12-,13-/m1/s1. The minimum atomic E-state index is -0.822. The highest BCUT2D eigenvalue weighted by Gasteiger charge is 2.36. The predicted molar refractivity (Wildman–Crippen MR) is 89.6 cm³/mol.